The average molecular weight is 536 g/mol. The molecule has 0 saturated carbocycles. The molecule has 3 aromatic rings. The van der Waals surface area contributed by atoms with Gasteiger partial charge in [0.15, 0.2) is 0 Å². The number of carbonyl (C=O) groups is 1. The maximum atomic E-state index is 12.8. The van der Waals surface area contributed by atoms with E-state index in [9.17, 15) is 21.6 Å². The van der Waals surface area contributed by atoms with Crippen LogP contribution < -0.4 is 10.0 Å². The Balaban J connectivity index is 1.50. The molecule has 184 valence electrons. The molecule has 0 spiro atoms. The first-order chi connectivity index (χ1) is 16.7. The molecular weight excluding hydrogens is 514 g/mol. The Hall–Kier alpha value is -2.96. The zero-order valence-corrected chi connectivity index (χ0v) is 20.7. The summed E-state index contributed by atoms with van der Waals surface area (Å²) in [6.45, 7) is 1.24. The number of benzene rings is 3. The minimum atomic E-state index is -4.05. The van der Waals surface area contributed by atoms with Crippen molar-refractivity contribution in [3.05, 3.63) is 83.4 Å². The molecule has 1 fully saturated rings. The van der Waals surface area contributed by atoms with Gasteiger partial charge in [-0.15, -0.1) is 0 Å². The molecule has 0 atom stereocenters. The summed E-state index contributed by atoms with van der Waals surface area (Å²) in [5.74, 6) is -0.582. The number of carbonyl (C=O) groups excluding carboxylic acids is 1. The minimum Gasteiger partial charge on any atom is -0.379 e. The quantitative estimate of drug-likeness (QED) is 0.478. The van der Waals surface area contributed by atoms with Crippen molar-refractivity contribution < 1.29 is 26.4 Å². The van der Waals surface area contributed by atoms with Crippen molar-refractivity contribution in [2.75, 3.05) is 36.3 Å². The number of halogens is 1. The number of ether oxygens (including phenoxy) is 1. The summed E-state index contributed by atoms with van der Waals surface area (Å²) in [6, 6.07) is 17.9. The van der Waals surface area contributed by atoms with E-state index in [1.807, 2.05) is 0 Å². The number of hydrogen-bond acceptors (Lipinski definition) is 6. The van der Waals surface area contributed by atoms with E-state index in [-0.39, 0.29) is 33.5 Å². The standard InChI is InChI=1S/C23H22ClN3O6S2/c24-21-11-6-17(16-22(21)34(29,30)26-19-4-2-1-3-5-19)23(28)25-18-7-9-20(10-8-18)35(31,32)27-12-14-33-15-13-27/h1-11,16,26H,12-15H2,(H,25,28). The van der Waals surface area contributed by atoms with Crippen LogP contribution in [0.3, 0.4) is 0 Å². The van der Waals surface area contributed by atoms with E-state index in [1.165, 1.54) is 46.8 Å². The Bertz CT molecular complexity index is 1420. The van der Waals surface area contributed by atoms with Gasteiger partial charge in [-0.25, -0.2) is 16.8 Å². The van der Waals surface area contributed by atoms with Crippen LogP contribution in [0.25, 0.3) is 0 Å². The van der Waals surface area contributed by atoms with E-state index in [1.54, 1.807) is 30.3 Å². The molecule has 9 nitrogen and oxygen atoms in total. The van der Waals surface area contributed by atoms with E-state index < -0.39 is 26.0 Å². The van der Waals surface area contributed by atoms with Gasteiger partial charge in [-0.05, 0) is 54.6 Å². The van der Waals surface area contributed by atoms with Crippen LogP contribution in [0.15, 0.2) is 82.6 Å². The van der Waals surface area contributed by atoms with Crippen molar-refractivity contribution >= 4 is 48.9 Å². The second-order valence-corrected chi connectivity index (χ2v) is 11.6. The number of para-hydroxylation sites is 1. The highest BCUT2D eigenvalue weighted by Crippen LogP contribution is 2.26. The number of nitrogens with zero attached hydrogens (tertiary/aromatic N) is 1. The Morgan fingerprint density at radius 2 is 1.51 bits per heavy atom. The molecule has 1 aliphatic rings. The zero-order chi connectivity index (χ0) is 25.1. The number of morpholine rings is 1. The normalized spacial score (nSPS) is 14.9. The molecule has 0 aliphatic carbocycles. The molecule has 2 N–H and O–H groups in total. The fourth-order valence-corrected chi connectivity index (χ4v) is 6.41. The van der Waals surface area contributed by atoms with Crippen LogP contribution in [0.2, 0.25) is 5.02 Å². The second kappa shape index (κ2) is 10.3. The summed E-state index contributed by atoms with van der Waals surface area (Å²) in [6.07, 6.45) is 0. The van der Waals surface area contributed by atoms with Crippen LogP contribution in [0.5, 0.6) is 0 Å². The number of anilines is 2. The summed E-state index contributed by atoms with van der Waals surface area (Å²) in [5.41, 5.74) is 0.760. The highest BCUT2D eigenvalue weighted by Gasteiger charge is 2.26. The van der Waals surface area contributed by atoms with E-state index >= 15 is 0 Å². The summed E-state index contributed by atoms with van der Waals surface area (Å²) in [5, 5.41) is 2.60. The molecule has 1 amide bonds. The fraction of sp³-hybridized carbons (Fsp3) is 0.174. The van der Waals surface area contributed by atoms with Crippen LogP contribution in [0, 0.1) is 0 Å². The molecule has 1 aliphatic heterocycles. The van der Waals surface area contributed by atoms with E-state index in [2.05, 4.69) is 10.0 Å². The third kappa shape index (κ3) is 5.82. The summed E-state index contributed by atoms with van der Waals surface area (Å²) in [4.78, 5) is 12.6. The van der Waals surface area contributed by atoms with Crippen LogP contribution >= 0.6 is 11.6 Å². The number of rotatable bonds is 7. The van der Waals surface area contributed by atoms with Crippen LogP contribution in [0.1, 0.15) is 10.4 Å². The largest absolute Gasteiger partial charge is 0.379 e. The smallest absolute Gasteiger partial charge is 0.263 e. The van der Waals surface area contributed by atoms with Gasteiger partial charge in [0.25, 0.3) is 15.9 Å². The predicted octanol–water partition coefficient (Wildman–Crippen LogP) is 3.41. The Kier molecular flexibility index (Phi) is 7.43. The minimum absolute atomic E-state index is 0.0392. The maximum Gasteiger partial charge on any atom is 0.263 e. The van der Waals surface area contributed by atoms with Crippen LogP contribution in [-0.2, 0) is 24.8 Å². The van der Waals surface area contributed by atoms with Gasteiger partial charge in [-0.2, -0.15) is 4.31 Å². The third-order valence-electron chi connectivity index (χ3n) is 5.23. The Morgan fingerprint density at radius 3 is 2.17 bits per heavy atom. The van der Waals surface area contributed by atoms with Gasteiger partial charge < -0.3 is 10.1 Å². The average Bonchev–Trinajstić information content (AvgIpc) is 2.85. The number of sulfonamides is 2. The number of nitrogens with one attached hydrogen (secondary N) is 2. The Morgan fingerprint density at radius 1 is 0.857 bits per heavy atom. The lowest BCUT2D eigenvalue weighted by Crippen LogP contribution is -2.40. The zero-order valence-electron chi connectivity index (χ0n) is 18.3. The van der Waals surface area contributed by atoms with Crippen molar-refractivity contribution in [3.63, 3.8) is 0 Å². The first-order valence-corrected chi connectivity index (χ1v) is 13.8. The van der Waals surface area contributed by atoms with Gasteiger partial charge in [-0.3, -0.25) is 9.52 Å². The molecule has 0 bridgehead atoms. The van der Waals surface area contributed by atoms with E-state index in [0.29, 0.717) is 24.6 Å². The number of amides is 1. The molecule has 35 heavy (non-hydrogen) atoms. The van der Waals surface area contributed by atoms with Gasteiger partial charge in [-0.1, -0.05) is 29.8 Å². The molecule has 3 aromatic carbocycles. The first-order valence-electron chi connectivity index (χ1n) is 10.5. The first kappa shape index (κ1) is 25.1. The SMILES string of the molecule is O=C(Nc1ccc(S(=O)(=O)N2CCOCC2)cc1)c1ccc(Cl)c(S(=O)(=O)Nc2ccccc2)c1. The molecule has 1 heterocycles. The Labute approximate surface area is 208 Å². The van der Waals surface area contributed by atoms with E-state index in [4.69, 9.17) is 16.3 Å². The summed E-state index contributed by atoms with van der Waals surface area (Å²) < 4.78 is 60.1. The highest BCUT2D eigenvalue weighted by molar-refractivity contribution is 7.92. The molecule has 0 unspecified atom stereocenters. The van der Waals surface area contributed by atoms with Gasteiger partial charge in [0.1, 0.15) is 4.90 Å². The van der Waals surface area contributed by atoms with Gasteiger partial charge in [0.05, 0.1) is 23.1 Å². The second-order valence-electron chi connectivity index (χ2n) is 7.61. The maximum absolute atomic E-state index is 12.8. The summed E-state index contributed by atoms with van der Waals surface area (Å²) in [7, 11) is -7.71. The lowest BCUT2D eigenvalue weighted by molar-refractivity contribution is 0.0730. The topological polar surface area (TPSA) is 122 Å². The lowest BCUT2D eigenvalue weighted by Gasteiger charge is -2.26. The number of hydrogen-bond donors (Lipinski definition) is 2. The van der Waals surface area contributed by atoms with Gasteiger partial charge in [0.2, 0.25) is 10.0 Å². The summed E-state index contributed by atoms with van der Waals surface area (Å²) >= 11 is 6.12. The van der Waals surface area contributed by atoms with Crippen molar-refractivity contribution in [1.29, 1.82) is 0 Å². The lowest BCUT2D eigenvalue weighted by atomic mass is 10.2. The highest BCUT2D eigenvalue weighted by atomic mass is 35.5. The molecule has 1 saturated heterocycles. The monoisotopic (exact) mass is 535 g/mol. The van der Waals surface area contributed by atoms with Crippen molar-refractivity contribution in [2.24, 2.45) is 0 Å². The van der Waals surface area contributed by atoms with Crippen molar-refractivity contribution in [2.45, 2.75) is 9.79 Å². The molecule has 12 heteroatoms. The van der Waals surface area contributed by atoms with E-state index in [0.717, 1.165) is 0 Å². The van der Waals surface area contributed by atoms with Crippen LogP contribution in [-0.4, -0.2) is 53.4 Å². The fourth-order valence-electron chi connectivity index (χ4n) is 3.42. The molecule has 0 aromatic heterocycles. The van der Waals surface area contributed by atoms with Crippen molar-refractivity contribution in [1.82, 2.24) is 4.31 Å². The molecular formula is C23H22ClN3O6S2. The van der Waals surface area contributed by atoms with Gasteiger partial charge >= 0.3 is 0 Å². The molecule has 4 rings (SSSR count). The molecule has 0 radical (unpaired) electrons. The van der Waals surface area contributed by atoms with Gasteiger partial charge in [0, 0.05) is 30.0 Å². The predicted molar refractivity (Wildman–Crippen MR) is 133 cm³/mol. The third-order valence-corrected chi connectivity index (χ3v) is 9.00. The van der Waals surface area contributed by atoms with Crippen molar-refractivity contribution in [3.8, 4) is 0 Å². The van der Waals surface area contributed by atoms with Crippen LogP contribution in [0.4, 0.5) is 11.4 Å².